The molecule has 0 fully saturated rings. The van der Waals surface area contributed by atoms with Gasteiger partial charge in [-0.2, -0.15) is 0 Å². The first-order chi connectivity index (χ1) is 11.4. The Bertz CT molecular complexity index is 804. The van der Waals surface area contributed by atoms with Crippen molar-refractivity contribution in [1.29, 1.82) is 0 Å². The van der Waals surface area contributed by atoms with E-state index in [4.69, 9.17) is 4.74 Å². The third-order valence-electron chi connectivity index (χ3n) is 5.40. The topological polar surface area (TPSA) is 104 Å². The van der Waals surface area contributed by atoms with E-state index >= 15 is 0 Å². The molecule has 0 aromatic heterocycles. The average molecular weight is 330 g/mol. The number of carbonyl (C=O) groups excluding carboxylic acids is 2. The Labute approximate surface area is 138 Å². The molecule has 0 radical (unpaired) electrons. The predicted molar refractivity (Wildman–Crippen MR) is 83.1 cm³/mol. The van der Waals surface area contributed by atoms with Crippen molar-refractivity contribution < 1.29 is 29.6 Å². The first-order valence-corrected chi connectivity index (χ1v) is 8.02. The monoisotopic (exact) mass is 330 g/mol. The van der Waals surface area contributed by atoms with E-state index in [1.807, 2.05) is 0 Å². The van der Waals surface area contributed by atoms with Crippen LogP contribution in [-0.4, -0.2) is 46.2 Å². The normalized spacial score (nSPS) is 31.5. The molecule has 1 unspecified atom stereocenters. The molecule has 3 atom stereocenters. The van der Waals surface area contributed by atoms with Crippen LogP contribution in [0.2, 0.25) is 0 Å². The van der Waals surface area contributed by atoms with E-state index in [0.717, 1.165) is 0 Å². The van der Waals surface area contributed by atoms with Crippen molar-refractivity contribution >= 4 is 17.3 Å². The van der Waals surface area contributed by atoms with Crippen LogP contribution in [0.5, 0.6) is 0 Å². The Morgan fingerprint density at radius 3 is 2.75 bits per heavy atom. The molecular formula is C18H18O6. The minimum Gasteiger partial charge on any atom is -0.492 e. The second-order valence-corrected chi connectivity index (χ2v) is 6.81. The molecule has 1 aliphatic heterocycles. The smallest absolute Gasteiger partial charge is 0.234 e. The number of aliphatic hydroxyl groups is 3. The molecule has 1 aromatic rings. The summed E-state index contributed by atoms with van der Waals surface area (Å²) in [6.45, 7) is 1.43. The maximum atomic E-state index is 12.7. The van der Waals surface area contributed by atoms with Crippen LogP contribution in [0.3, 0.4) is 0 Å². The number of Topliss-reactive ketones (excluding diaryl/α,β-unsaturated/α-hetero) is 2. The van der Waals surface area contributed by atoms with Gasteiger partial charge in [0.1, 0.15) is 11.4 Å². The van der Waals surface area contributed by atoms with Gasteiger partial charge in [0.25, 0.3) is 0 Å². The number of ketones is 2. The van der Waals surface area contributed by atoms with Crippen LogP contribution >= 0.6 is 0 Å². The van der Waals surface area contributed by atoms with Gasteiger partial charge >= 0.3 is 0 Å². The molecule has 0 bridgehead atoms. The lowest BCUT2D eigenvalue weighted by Gasteiger charge is -2.37. The zero-order chi connectivity index (χ0) is 17.2. The van der Waals surface area contributed by atoms with Crippen molar-refractivity contribution in [3.05, 3.63) is 40.0 Å². The molecule has 126 valence electrons. The number of aliphatic hydroxyl groups excluding tert-OH is 2. The fourth-order valence-corrected chi connectivity index (χ4v) is 3.99. The minimum absolute atomic E-state index is 0.174. The Hall–Kier alpha value is -2.02. The highest BCUT2D eigenvalue weighted by Gasteiger charge is 2.46. The van der Waals surface area contributed by atoms with Crippen LogP contribution in [-0.2, 0) is 21.6 Å². The van der Waals surface area contributed by atoms with Crippen molar-refractivity contribution in [2.24, 2.45) is 5.92 Å². The van der Waals surface area contributed by atoms with E-state index in [0.29, 0.717) is 35.3 Å². The van der Waals surface area contributed by atoms with Gasteiger partial charge in [0.05, 0.1) is 24.9 Å². The number of benzene rings is 1. The van der Waals surface area contributed by atoms with E-state index in [1.165, 1.54) is 6.92 Å². The molecule has 0 spiro atoms. The predicted octanol–water partition coefficient (Wildman–Crippen LogP) is 0.316. The molecule has 4 rings (SSSR count). The van der Waals surface area contributed by atoms with Gasteiger partial charge < -0.3 is 20.1 Å². The third kappa shape index (κ3) is 1.81. The highest BCUT2D eigenvalue weighted by Crippen LogP contribution is 2.44. The van der Waals surface area contributed by atoms with Crippen LogP contribution in [0.15, 0.2) is 17.7 Å². The van der Waals surface area contributed by atoms with Crippen LogP contribution in [0, 0.1) is 5.92 Å². The summed E-state index contributed by atoms with van der Waals surface area (Å²) < 4.78 is 5.60. The lowest BCUT2D eigenvalue weighted by molar-refractivity contribution is -0.112. The molecular weight excluding hydrogens is 312 g/mol. The zero-order valence-corrected chi connectivity index (χ0v) is 13.2. The molecule has 0 amide bonds. The number of fused-ring (bicyclic) bond motifs is 4. The lowest BCUT2D eigenvalue weighted by Crippen LogP contribution is -2.42. The zero-order valence-electron chi connectivity index (χ0n) is 13.2. The maximum absolute atomic E-state index is 12.7. The summed E-state index contributed by atoms with van der Waals surface area (Å²) >= 11 is 0. The van der Waals surface area contributed by atoms with E-state index in [2.05, 4.69) is 0 Å². The lowest BCUT2D eigenvalue weighted by atomic mass is 9.72. The fourth-order valence-electron chi connectivity index (χ4n) is 3.99. The summed E-state index contributed by atoms with van der Waals surface area (Å²) in [5.41, 5.74) is 0.659. The van der Waals surface area contributed by atoms with E-state index in [1.54, 1.807) is 12.1 Å². The molecule has 0 saturated carbocycles. The summed E-state index contributed by atoms with van der Waals surface area (Å²) in [6.07, 6.45) is -0.209. The molecule has 3 N–H and O–H groups in total. The maximum Gasteiger partial charge on any atom is 0.234 e. The summed E-state index contributed by atoms with van der Waals surface area (Å²) in [7, 11) is 0. The number of carbonyl (C=O) groups is 2. The van der Waals surface area contributed by atoms with Gasteiger partial charge in [-0.05, 0) is 30.9 Å². The summed E-state index contributed by atoms with van der Waals surface area (Å²) in [4.78, 5) is 25.3. The van der Waals surface area contributed by atoms with E-state index < -0.39 is 29.2 Å². The van der Waals surface area contributed by atoms with Crippen LogP contribution in [0.1, 0.15) is 40.4 Å². The van der Waals surface area contributed by atoms with Crippen LogP contribution in [0.4, 0.5) is 0 Å². The second-order valence-electron chi connectivity index (χ2n) is 6.81. The van der Waals surface area contributed by atoms with Gasteiger partial charge in [-0.15, -0.1) is 0 Å². The van der Waals surface area contributed by atoms with E-state index in [9.17, 15) is 24.9 Å². The largest absolute Gasteiger partial charge is 0.492 e. The van der Waals surface area contributed by atoms with Gasteiger partial charge in [-0.25, -0.2) is 0 Å². The molecule has 24 heavy (non-hydrogen) atoms. The molecule has 3 aliphatic rings. The van der Waals surface area contributed by atoms with Crippen molar-refractivity contribution in [2.75, 3.05) is 13.2 Å². The fraction of sp³-hybridized carbons (Fsp3) is 0.444. The van der Waals surface area contributed by atoms with Gasteiger partial charge in [0.2, 0.25) is 11.6 Å². The SMILES string of the molecule is C[C@@]1(O)c2ccc3c(c2CC[C@@H]1O)C(=O)C(=O)C1=C3OCC1CO. The molecule has 6 heteroatoms. The quantitative estimate of drug-likeness (QED) is 0.641. The third-order valence-corrected chi connectivity index (χ3v) is 5.40. The summed E-state index contributed by atoms with van der Waals surface area (Å²) in [5, 5.41) is 30.1. The van der Waals surface area contributed by atoms with Crippen LogP contribution < -0.4 is 0 Å². The number of rotatable bonds is 1. The number of hydrogen-bond donors (Lipinski definition) is 3. The van der Waals surface area contributed by atoms with E-state index in [-0.39, 0.29) is 24.4 Å². The Morgan fingerprint density at radius 2 is 2.04 bits per heavy atom. The molecule has 6 nitrogen and oxygen atoms in total. The van der Waals surface area contributed by atoms with Gasteiger partial charge in [-0.1, -0.05) is 12.1 Å². The second kappa shape index (κ2) is 4.99. The molecule has 1 aromatic carbocycles. The van der Waals surface area contributed by atoms with Crippen molar-refractivity contribution in [2.45, 2.75) is 31.5 Å². The van der Waals surface area contributed by atoms with Crippen LogP contribution in [0.25, 0.3) is 5.76 Å². The average Bonchev–Trinajstić information content (AvgIpc) is 2.99. The van der Waals surface area contributed by atoms with Gasteiger partial charge in [-0.3, -0.25) is 9.59 Å². The number of ether oxygens (including phenoxy) is 1. The molecule has 0 saturated heterocycles. The highest BCUT2D eigenvalue weighted by molar-refractivity contribution is 6.52. The summed E-state index contributed by atoms with van der Waals surface area (Å²) in [6, 6.07) is 3.33. The first-order valence-electron chi connectivity index (χ1n) is 8.02. The number of hydrogen-bond acceptors (Lipinski definition) is 6. The molecule has 1 heterocycles. The standard InChI is InChI=1S/C18H18O6/c1-18(23)11-4-2-10-14(9(11)3-5-12(18)20)16(22)15(21)13-8(6-19)7-24-17(10)13/h2,4,8,12,19-20,23H,3,5-7H2,1H3/t8?,12-,18+/m0/s1. The first kappa shape index (κ1) is 15.5. The Kier molecular flexibility index (Phi) is 3.22. The highest BCUT2D eigenvalue weighted by atomic mass is 16.5. The van der Waals surface area contributed by atoms with Crippen molar-refractivity contribution in [3.8, 4) is 0 Å². The Balaban J connectivity index is 1.97. The molecule has 2 aliphatic carbocycles. The Morgan fingerprint density at radius 1 is 1.29 bits per heavy atom. The van der Waals surface area contributed by atoms with Gasteiger partial charge in [0.15, 0.2) is 0 Å². The summed E-state index contributed by atoms with van der Waals surface area (Å²) in [5.74, 6) is -1.39. The van der Waals surface area contributed by atoms with Crippen molar-refractivity contribution in [1.82, 2.24) is 0 Å². The van der Waals surface area contributed by atoms with Crippen molar-refractivity contribution in [3.63, 3.8) is 0 Å². The van der Waals surface area contributed by atoms with Gasteiger partial charge in [0, 0.05) is 17.0 Å². The minimum atomic E-state index is -1.47.